The van der Waals surface area contributed by atoms with E-state index in [1.54, 1.807) is 23.1 Å². The first kappa shape index (κ1) is 16.6. The summed E-state index contributed by atoms with van der Waals surface area (Å²) in [6.07, 6.45) is 1.85. The maximum atomic E-state index is 12.4. The number of carbonyl (C=O) groups is 1. The number of aliphatic hydroxyl groups is 1. The molecule has 4 heteroatoms. The minimum absolute atomic E-state index is 0.0396. The van der Waals surface area contributed by atoms with Gasteiger partial charge in [-0.2, -0.15) is 0 Å². The summed E-state index contributed by atoms with van der Waals surface area (Å²) in [5.74, 6) is 5.25. The van der Waals surface area contributed by atoms with Crippen LogP contribution in [0.4, 0.5) is 0 Å². The zero-order chi connectivity index (χ0) is 15.1. The zero-order valence-electron chi connectivity index (χ0n) is 12.1. The van der Waals surface area contributed by atoms with E-state index in [2.05, 4.69) is 25.7 Å². The van der Waals surface area contributed by atoms with Crippen molar-refractivity contribution in [3.8, 4) is 11.8 Å². The molecule has 0 aliphatic carbocycles. The number of halogens is 1. The summed E-state index contributed by atoms with van der Waals surface area (Å²) in [4.78, 5) is 14.1. The number of rotatable bonds is 4. The Morgan fingerprint density at radius 3 is 2.55 bits per heavy atom. The van der Waals surface area contributed by atoms with Crippen molar-refractivity contribution in [3.05, 3.63) is 34.3 Å². The lowest BCUT2D eigenvalue weighted by atomic mass is 10.1. The van der Waals surface area contributed by atoms with Gasteiger partial charge in [0.1, 0.15) is 6.61 Å². The van der Waals surface area contributed by atoms with Crippen LogP contribution in [0.5, 0.6) is 0 Å². The molecular weight excluding hydrogens is 274 g/mol. The van der Waals surface area contributed by atoms with Crippen LogP contribution in [0, 0.1) is 11.8 Å². The summed E-state index contributed by atoms with van der Waals surface area (Å²) < 4.78 is 0. The molecule has 0 heterocycles. The summed E-state index contributed by atoms with van der Waals surface area (Å²) in [6, 6.07) is 5.28. The minimum atomic E-state index is -0.214. The molecule has 0 bridgehead atoms. The molecule has 0 radical (unpaired) electrons. The van der Waals surface area contributed by atoms with Crippen LogP contribution in [0.15, 0.2) is 18.2 Å². The van der Waals surface area contributed by atoms with Crippen LogP contribution in [0.1, 0.15) is 42.6 Å². The van der Waals surface area contributed by atoms with Crippen LogP contribution in [-0.4, -0.2) is 35.6 Å². The van der Waals surface area contributed by atoms with Gasteiger partial charge in [0.2, 0.25) is 0 Å². The average molecular weight is 294 g/mol. The summed E-state index contributed by atoms with van der Waals surface area (Å²) in [5.41, 5.74) is 1.17. The van der Waals surface area contributed by atoms with E-state index < -0.39 is 0 Å². The van der Waals surface area contributed by atoms with Crippen LogP contribution in [0.25, 0.3) is 0 Å². The highest BCUT2D eigenvalue weighted by atomic mass is 35.5. The SMILES string of the molecule is CCC(CC)N(C)C(=O)c1ccc(C#CCO)c(Cl)c1. The smallest absolute Gasteiger partial charge is 0.253 e. The molecule has 0 saturated heterocycles. The highest BCUT2D eigenvalue weighted by molar-refractivity contribution is 6.32. The molecule has 108 valence electrons. The van der Waals surface area contributed by atoms with Crippen molar-refractivity contribution in [2.45, 2.75) is 32.7 Å². The molecule has 0 aliphatic rings. The van der Waals surface area contributed by atoms with E-state index in [9.17, 15) is 4.79 Å². The van der Waals surface area contributed by atoms with Gasteiger partial charge in [-0.05, 0) is 31.0 Å². The molecule has 0 saturated carbocycles. The van der Waals surface area contributed by atoms with Crippen molar-refractivity contribution in [1.29, 1.82) is 0 Å². The lowest BCUT2D eigenvalue weighted by molar-refractivity contribution is 0.0723. The van der Waals surface area contributed by atoms with E-state index in [1.807, 2.05) is 7.05 Å². The number of aliphatic hydroxyl groups excluding tert-OH is 1. The summed E-state index contributed by atoms with van der Waals surface area (Å²) >= 11 is 6.11. The molecule has 20 heavy (non-hydrogen) atoms. The van der Waals surface area contributed by atoms with E-state index in [-0.39, 0.29) is 18.6 Å². The molecule has 1 aromatic rings. The number of carbonyl (C=O) groups excluding carboxylic acids is 1. The summed E-state index contributed by atoms with van der Waals surface area (Å²) in [6.45, 7) is 3.92. The van der Waals surface area contributed by atoms with Crippen molar-refractivity contribution >= 4 is 17.5 Å². The van der Waals surface area contributed by atoms with E-state index >= 15 is 0 Å². The van der Waals surface area contributed by atoms with Crippen molar-refractivity contribution in [2.75, 3.05) is 13.7 Å². The molecule has 0 aliphatic heterocycles. The quantitative estimate of drug-likeness (QED) is 0.867. The first-order valence-electron chi connectivity index (χ1n) is 6.71. The van der Waals surface area contributed by atoms with Crippen molar-refractivity contribution in [3.63, 3.8) is 0 Å². The van der Waals surface area contributed by atoms with Crippen LogP contribution < -0.4 is 0 Å². The van der Waals surface area contributed by atoms with E-state index in [4.69, 9.17) is 16.7 Å². The van der Waals surface area contributed by atoms with Gasteiger partial charge >= 0.3 is 0 Å². The van der Waals surface area contributed by atoms with Gasteiger partial charge in [0.15, 0.2) is 0 Å². The second-order valence-corrected chi connectivity index (χ2v) is 4.95. The summed E-state index contributed by atoms with van der Waals surface area (Å²) in [5, 5.41) is 9.10. The Kier molecular flexibility index (Phi) is 6.57. The van der Waals surface area contributed by atoms with Crippen LogP contribution >= 0.6 is 11.6 Å². The number of hydrogen-bond donors (Lipinski definition) is 1. The Labute approximate surface area is 125 Å². The van der Waals surface area contributed by atoms with Crippen molar-refractivity contribution in [2.24, 2.45) is 0 Å². The van der Waals surface area contributed by atoms with Gasteiger partial charge in [0.25, 0.3) is 5.91 Å². The van der Waals surface area contributed by atoms with Gasteiger partial charge in [0, 0.05) is 24.2 Å². The Hall–Kier alpha value is -1.50. The van der Waals surface area contributed by atoms with Gasteiger partial charge in [-0.15, -0.1) is 0 Å². The Balaban J connectivity index is 2.98. The topological polar surface area (TPSA) is 40.5 Å². The van der Waals surface area contributed by atoms with Gasteiger partial charge in [-0.1, -0.05) is 37.3 Å². The van der Waals surface area contributed by atoms with E-state index in [0.29, 0.717) is 16.1 Å². The van der Waals surface area contributed by atoms with E-state index in [0.717, 1.165) is 12.8 Å². The predicted octanol–water partition coefficient (Wildman–Crippen LogP) is 2.94. The third kappa shape index (κ3) is 4.00. The third-order valence-electron chi connectivity index (χ3n) is 3.33. The van der Waals surface area contributed by atoms with Crippen LogP contribution in [-0.2, 0) is 0 Å². The highest BCUT2D eigenvalue weighted by Crippen LogP contribution is 2.19. The predicted molar refractivity (Wildman–Crippen MR) is 81.9 cm³/mol. The van der Waals surface area contributed by atoms with Crippen molar-refractivity contribution < 1.29 is 9.90 Å². The molecule has 0 aromatic heterocycles. The molecule has 0 fully saturated rings. The summed E-state index contributed by atoms with van der Waals surface area (Å²) in [7, 11) is 1.81. The molecular formula is C16H20ClNO2. The second-order valence-electron chi connectivity index (χ2n) is 4.54. The molecule has 1 rings (SSSR count). The zero-order valence-corrected chi connectivity index (χ0v) is 12.9. The van der Waals surface area contributed by atoms with E-state index in [1.165, 1.54) is 0 Å². The molecule has 1 N–H and O–H groups in total. The minimum Gasteiger partial charge on any atom is -0.384 e. The first-order chi connectivity index (χ1) is 9.54. The van der Waals surface area contributed by atoms with Gasteiger partial charge in [-0.25, -0.2) is 0 Å². The van der Waals surface area contributed by atoms with Crippen LogP contribution in [0.3, 0.4) is 0 Å². The molecule has 1 amide bonds. The fraction of sp³-hybridized carbons (Fsp3) is 0.438. The first-order valence-corrected chi connectivity index (χ1v) is 7.09. The molecule has 0 unspecified atom stereocenters. The second kappa shape index (κ2) is 7.94. The maximum Gasteiger partial charge on any atom is 0.253 e. The number of nitrogens with zero attached hydrogens (tertiary/aromatic N) is 1. The maximum absolute atomic E-state index is 12.4. The normalized spacial score (nSPS) is 10.1. The largest absolute Gasteiger partial charge is 0.384 e. The molecule has 1 aromatic carbocycles. The fourth-order valence-electron chi connectivity index (χ4n) is 2.09. The van der Waals surface area contributed by atoms with Gasteiger partial charge in [-0.3, -0.25) is 4.79 Å². The van der Waals surface area contributed by atoms with Gasteiger partial charge in [0.05, 0.1) is 5.02 Å². The fourth-order valence-corrected chi connectivity index (χ4v) is 2.32. The monoisotopic (exact) mass is 293 g/mol. The lowest BCUT2D eigenvalue weighted by Crippen LogP contribution is -2.36. The van der Waals surface area contributed by atoms with Crippen LogP contribution in [0.2, 0.25) is 5.02 Å². The standard InChI is InChI=1S/C16H20ClNO2/c1-4-14(5-2)18(3)16(20)13-9-8-12(7-6-10-19)15(17)11-13/h8-9,11,14,19H,4-5,10H2,1-3H3. The molecule has 0 spiro atoms. The Morgan fingerprint density at radius 2 is 2.05 bits per heavy atom. The molecule has 0 atom stereocenters. The van der Waals surface area contributed by atoms with Gasteiger partial charge < -0.3 is 10.0 Å². The number of benzene rings is 1. The third-order valence-corrected chi connectivity index (χ3v) is 3.64. The lowest BCUT2D eigenvalue weighted by Gasteiger charge is -2.26. The highest BCUT2D eigenvalue weighted by Gasteiger charge is 2.18. The average Bonchev–Trinajstić information content (AvgIpc) is 2.46. The Morgan fingerprint density at radius 1 is 1.40 bits per heavy atom. The molecule has 3 nitrogen and oxygen atoms in total. The van der Waals surface area contributed by atoms with Crippen molar-refractivity contribution in [1.82, 2.24) is 4.90 Å². The number of hydrogen-bond acceptors (Lipinski definition) is 2. The Bertz CT molecular complexity index is 527. The number of amides is 1.